The maximum absolute atomic E-state index is 14.3. The Kier molecular flexibility index (Phi) is 7.46. The Morgan fingerprint density at radius 1 is 1.27 bits per heavy atom. The first-order valence-electron chi connectivity index (χ1n) is 9.65. The summed E-state index contributed by atoms with van der Waals surface area (Å²) in [5, 5.41) is 2.80. The molecule has 0 radical (unpaired) electrons. The zero-order chi connectivity index (χ0) is 21.7. The Morgan fingerprint density at radius 3 is 2.63 bits per heavy atom. The van der Waals surface area contributed by atoms with Gasteiger partial charge in [0.1, 0.15) is 5.82 Å². The fourth-order valence-electron chi connectivity index (χ4n) is 3.19. The Balaban J connectivity index is 1.83. The summed E-state index contributed by atoms with van der Waals surface area (Å²) in [4.78, 5) is 12.5. The van der Waals surface area contributed by atoms with Gasteiger partial charge in [0.2, 0.25) is 15.9 Å². The fourth-order valence-corrected chi connectivity index (χ4v) is 4.78. The van der Waals surface area contributed by atoms with Crippen molar-refractivity contribution in [3.63, 3.8) is 0 Å². The third-order valence-corrected chi connectivity index (χ3v) is 7.09. The van der Waals surface area contributed by atoms with E-state index in [0.717, 1.165) is 22.7 Å². The first kappa shape index (κ1) is 22.7. The zero-order valence-electron chi connectivity index (χ0n) is 16.6. The van der Waals surface area contributed by atoms with Crippen molar-refractivity contribution in [1.82, 2.24) is 9.62 Å². The number of benzene rings is 2. The van der Waals surface area contributed by atoms with Gasteiger partial charge in [-0.3, -0.25) is 4.79 Å². The second-order valence-corrected chi connectivity index (χ2v) is 9.57. The van der Waals surface area contributed by atoms with Gasteiger partial charge in [-0.05, 0) is 44.0 Å². The van der Waals surface area contributed by atoms with Gasteiger partial charge in [-0.25, -0.2) is 12.8 Å². The number of hydrogen-bond acceptors (Lipinski definition) is 4. The van der Waals surface area contributed by atoms with Crippen LogP contribution in [0, 0.1) is 12.7 Å². The number of sulfonamides is 1. The van der Waals surface area contributed by atoms with E-state index < -0.39 is 28.3 Å². The van der Waals surface area contributed by atoms with Gasteiger partial charge in [0.25, 0.3) is 0 Å². The van der Waals surface area contributed by atoms with E-state index in [2.05, 4.69) is 5.32 Å². The molecule has 0 saturated carbocycles. The molecule has 9 heteroatoms. The van der Waals surface area contributed by atoms with Gasteiger partial charge in [0, 0.05) is 30.3 Å². The topological polar surface area (TPSA) is 75.7 Å². The molecule has 30 heavy (non-hydrogen) atoms. The van der Waals surface area contributed by atoms with Crippen LogP contribution < -0.4 is 5.32 Å². The lowest BCUT2D eigenvalue weighted by molar-refractivity contribution is -0.121. The lowest BCUT2D eigenvalue weighted by atomic mass is 10.2. The molecular formula is C21H24ClFN2O4S. The molecule has 3 rings (SSSR count). The maximum Gasteiger partial charge on any atom is 0.243 e. The van der Waals surface area contributed by atoms with E-state index in [1.165, 1.54) is 30.3 Å². The van der Waals surface area contributed by atoms with Crippen LogP contribution in [0.15, 0.2) is 47.4 Å². The minimum absolute atomic E-state index is 0.0155. The standard InChI is InChI=1S/C21H24ClFN2O4S/c1-15-7-9-17(10-8-15)30(27,28)25(13-18-19(22)5-2-6-20(18)23)14-21(26)24-12-16-4-3-11-29-16/h2,5-10,16H,3-4,11-14H2,1H3,(H,24,26)/t16-/m1/s1. The van der Waals surface area contributed by atoms with Crippen molar-refractivity contribution in [2.75, 3.05) is 19.7 Å². The van der Waals surface area contributed by atoms with Crippen LogP contribution in [-0.4, -0.2) is 44.4 Å². The molecule has 0 unspecified atom stereocenters. The highest BCUT2D eigenvalue weighted by Gasteiger charge is 2.29. The number of carbonyl (C=O) groups excluding carboxylic acids is 1. The van der Waals surface area contributed by atoms with E-state index in [-0.39, 0.29) is 28.1 Å². The number of rotatable bonds is 8. The minimum atomic E-state index is -4.07. The third kappa shape index (κ3) is 5.57. The van der Waals surface area contributed by atoms with Gasteiger partial charge < -0.3 is 10.1 Å². The van der Waals surface area contributed by atoms with Crippen LogP contribution in [0.1, 0.15) is 24.0 Å². The van der Waals surface area contributed by atoms with Crippen LogP contribution in [0.4, 0.5) is 4.39 Å². The highest BCUT2D eigenvalue weighted by molar-refractivity contribution is 7.89. The SMILES string of the molecule is Cc1ccc(S(=O)(=O)N(CC(=O)NC[C@H]2CCCO2)Cc2c(F)cccc2Cl)cc1. The molecule has 1 aliphatic rings. The van der Waals surface area contributed by atoms with Gasteiger partial charge in [0.15, 0.2) is 0 Å². The molecule has 6 nitrogen and oxygen atoms in total. The third-order valence-electron chi connectivity index (χ3n) is 4.93. The molecule has 1 aliphatic heterocycles. The molecule has 2 aromatic rings. The van der Waals surface area contributed by atoms with E-state index >= 15 is 0 Å². The molecule has 1 saturated heterocycles. The van der Waals surface area contributed by atoms with Gasteiger partial charge in [0.05, 0.1) is 17.5 Å². The van der Waals surface area contributed by atoms with Crippen LogP contribution >= 0.6 is 11.6 Å². The van der Waals surface area contributed by atoms with E-state index in [9.17, 15) is 17.6 Å². The molecule has 162 valence electrons. The number of ether oxygens (including phenoxy) is 1. The van der Waals surface area contributed by atoms with Gasteiger partial charge >= 0.3 is 0 Å². The molecular weight excluding hydrogens is 431 g/mol. The fraction of sp³-hybridized carbons (Fsp3) is 0.381. The molecule has 2 aromatic carbocycles. The highest BCUT2D eigenvalue weighted by atomic mass is 35.5. The van der Waals surface area contributed by atoms with Crippen molar-refractivity contribution < 1.29 is 22.3 Å². The lowest BCUT2D eigenvalue weighted by Crippen LogP contribution is -2.42. The first-order chi connectivity index (χ1) is 14.3. The summed E-state index contributed by atoms with van der Waals surface area (Å²) in [7, 11) is -4.07. The Labute approximate surface area is 181 Å². The molecule has 1 heterocycles. The van der Waals surface area contributed by atoms with Gasteiger partial charge in [-0.2, -0.15) is 4.31 Å². The maximum atomic E-state index is 14.3. The molecule has 1 fully saturated rings. The molecule has 0 spiro atoms. The number of nitrogens with zero attached hydrogens (tertiary/aromatic N) is 1. The zero-order valence-corrected chi connectivity index (χ0v) is 18.2. The lowest BCUT2D eigenvalue weighted by Gasteiger charge is -2.23. The number of hydrogen-bond donors (Lipinski definition) is 1. The van der Waals surface area contributed by atoms with Gasteiger partial charge in [-0.15, -0.1) is 0 Å². The van der Waals surface area contributed by atoms with Crippen LogP contribution in [0.3, 0.4) is 0 Å². The van der Waals surface area contributed by atoms with Crippen LogP contribution in [0.25, 0.3) is 0 Å². The number of aryl methyl sites for hydroxylation is 1. The second kappa shape index (κ2) is 9.87. The van der Waals surface area contributed by atoms with Crippen molar-refractivity contribution >= 4 is 27.5 Å². The van der Waals surface area contributed by atoms with E-state index in [4.69, 9.17) is 16.3 Å². The summed E-state index contributed by atoms with van der Waals surface area (Å²) >= 11 is 6.10. The quantitative estimate of drug-likeness (QED) is 0.664. The molecule has 0 aliphatic carbocycles. The first-order valence-corrected chi connectivity index (χ1v) is 11.5. The molecule has 0 bridgehead atoms. The van der Waals surface area contributed by atoms with Crippen LogP contribution in [0.5, 0.6) is 0 Å². The van der Waals surface area contributed by atoms with E-state index in [0.29, 0.717) is 13.2 Å². The van der Waals surface area contributed by atoms with E-state index in [1.54, 1.807) is 12.1 Å². The normalized spacial score (nSPS) is 16.7. The highest BCUT2D eigenvalue weighted by Crippen LogP contribution is 2.25. The summed E-state index contributed by atoms with van der Waals surface area (Å²) < 4.78 is 47.2. The number of carbonyl (C=O) groups is 1. The largest absolute Gasteiger partial charge is 0.376 e. The number of amides is 1. The minimum Gasteiger partial charge on any atom is -0.376 e. The predicted molar refractivity (Wildman–Crippen MR) is 112 cm³/mol. The van der Waals surface area contributed by atoms with Crippen LogP contribution in [0.2, 0.25) is 5.02 Å². The Bertz CT molecular complexity index is 972. The average Bonchev–Trinajstić information content (AvgIpc) is 3.22. The summed E-state index contributed by atoms with van der Waals surface area (Å²) in [5.74, 6) is -1.12. The van der Waals surface area contributed by atoms with Gasteiger partial charge in [-0.1, -0.05) is 35.4 Å². The molecule has 1 amide bonds. The summed E-state index contributed by atoms with van der Waals surface area (Å²) in [6.45, 7) is 1.96. The Hall–Kier alpha value is -2.00. The molecule has 1 N–H and O–H groups in total. The summed E-state index contributed by atoms with van der Waals surface area (Å²) in [6.07, 6.45) is 1.70. The average molecular weight is 455 g/mol. The van der Waals surface area contributed by atoms with Crippen LogP contribution in [-0.2, 0) is 26.1 Å². The van der Waals surface area contributed by atoms with Crippen molar-refractivity contribution in [2.24, 2.45) is 0 Å². The predicted octanol–water partition coefficient (Wildman–Crippen LogP) is 3.27. The summed E-state index contributed by atoms with van der Waals surface area (Å²) in [6, 6.07) is 10.4. The smallest absolute Gasteiger partial charge is 0.243 e. The Morgan fingerprint density at radius 2 is 2.00 bits per heavy atom. The van der Waals surface area contributed by atoms with Crippen molar-refractivity contribution in [3.05, 3.63) is 64.4 Å². The van der Waals surface area contributed by atoms with Crippen molar-refractivity contribution in [2.45, 2.75) is 37.3 Å². The molecule has 0 aromatic heterocycles. The second-order valence-electron chi connectivity index (χ2n) is 7.23. The van der Waals surface area contributed by atoms with E-state index in [1.807, 2.05) is 6.92 Å². The molecule has 1 atom stereocenters. The number of halogens is 2. The monoisotopic (exact) mass is 454 g/mol. The van der Waals surface area contributed by atoms with Crippen molar-refractivity contribution in [3.8, 4) is 0 Å². The van der Waals surface area contributed by atoms with Crippen molar-refractivity contribution in [1.29, 1.82) is 0 Å². The number of nitrogens with one attached hydrogen (secondary N) is 1. The summed E-state index contributed by atoms with van der Waals surface area (Å²) in [5.41, 5.74) is 0.911.